The Morgan fingerprint density at radius 2 is 1.72 bits per heavy atom. The third-order valence-electron chi connectivity index (χ3n) is 6.08. The van der Waals surface area contributed by atoms with Crippen LogP contribution in [0.15, 0.2) is 61.1 Å². The van der Waals surface area contributed by atoms with Gasteiger partial charge in [0, 0.05) is 54.4 Å². The molecule has 1 N–H and O–H groups in total. The molecule has 1 aliphatic heterocycles. The van der Waals surface area contributed by atoms with Crippen LogP contribution in [0.5, 0.6) is 0 Å². The van der Waals surface area contributed by atoms with Gasteiger partial charge in [0.2, 0.25) is 0 Å². The summed E-state index contributed by atoms with van der Waals surface area (Å²) in [7, 11) is 0. The normalized spacial score (nSPS) is 18.6. The van der Waals surface area contributed by atoms with Crippen LogP contribution in [0.2, 0.25) is 0 Å². The summed E-state index contributed by atoms with van der Waals surface area (Å²) in [6, 6.07) is 15.8. The van der Waals surface area contributed by atoms with Gasteiger partial charge in [0.25, 0.3) is 0 Å². The Labute approximate surface area is 185 Å². The largest absolute Gasteiger partial charge is 0.364 e. The maximum atomic E-state index is 13.7. The van der Waals surface area contributed by atoms with E-state index in [-0.39, 0.29) is 5.56 Å². The lowest BCUT2D eigenvalue weighted by molar-refractivity contribution is 0.432. The van der Waals surface area contributed by atoms with Gasteiger partial charge in [0.15, 0.2) is 5.65 Å². The number of fused-ring (bicyclic) bond motifs is 1. The van der Waals surface area contributed by atoms with Crippen LogP contribution in [-0.4, -0.2) is 39.8 Å². The van der Waals surface area contributed by atoms with Crippen molar-refractivity contribution >= 4 is 11.3 Å². The van der Waals surface area contributed by atoms with E-state index < -0.39 is 5.82 Å². The van der Waals surface area contributed by atoms with Crippen molar-refractivity contribution < 1.29 is 4.39 Å². The first-order valence-electron chi connectivity index (χ1n) is 10.7. The van der Waals surface area contributed by atoms with Crippen LogP contribution in [0, 0.1) is 17.1 Å². The summed E-state index contributed by atoms with van der Waals surface area (Å²) >= 11 is 0. The molecular formula is C25H23FN6. The molecule has 1 saturated heterocycles. The van der Waals surface area contributed by atoms with Crippen molar-refractivity contribution in [3.63, 3.8) is 0 Å². The molecular weight excluding hydrogens is 403 g/mol. The number of rotatable bonds is 3. The van der Waals surface area contributed by atoms with E-state index in [1.165, 1.54) is 17.8 Å². The van der Waals surface area contributed by atoms with Gasteiger partial charge >= 0.3 is 0 Å². The molecule has 0 amide bonds. The van der Waals surface area contributed by atoms with E-state index in [4.69, 9.17) is 5.26 Å². The highest BCUT2D eigenvalue weighted by Gasteiger charge is 2.24. The molecule has 6 nitrogen and oxygen atoms in total. The fourth-order valence-electron chi connectivity index (χ4n) is 4.47. The number of aromatic nitrogens is 3. The first-order valence-corrected chi connectivity index (χ1v) is 10.7. The fraction of sp³-hybridized carbons (Fsp3) is 0.240. The standard InChI is InChI=1S/C25H23FN6/c1-16-11-28-12-17(2)32(16)22-6-3-18(4-7-22)21-13-29-25-23(14-30-31(25)15-21)19-5-8-24(26)20(9-19)10-27/h3-9,13-17,28H,11-12H2,1-2H3/t16-,17+. The number of nitriles is 1. The molecule has 0 spiro atoms. The second kappa shape index (κ2) is 8.06. The predicted octanol–water partition coefficient (Wildman–Crippen LogP) is 4.26. The Bertz CT molecular complexity index is 1310. The average Bonchev–Trinajstić information content (AvgIpc) is 3.23. The lowest BCUT2D eigenvalue weighted by Crippen LogP contribution is -2.55. The first kappa shape index (κ1) is 20.2. The van der Waals surface area contributed by atoms with E-state index in [9.17, 15) is 4.39 Å². The van der Waals surface area contributed by atoms with E-state index in [2.05, 4.69) is 58.4 Å². The highest BCUT2D eigenvalue weighted by atomic mass is 19.1. The molecule has 3 heterocycles. The van der Waals surface area contributed by atoms with Crippen LogP contribution in [-0.2, 0) is 0 Å². The third-order valence-corrected chi connectivity index (χ3v) is 6.08. The molecule has 4 aromatic rings. The molecule has 2 atom stereocenters. The molecule has 0 saturated carbocycles. The summed E-state index contributed by atoms with van der Waals surface area (Å²) < 4.78 is 15.4. The number of nitrogens with zero attached hydrogens (tertiary/aromatic N) is 5. The van der Waals surface area contributed by atoms with Crippen LogP contribution in [0.3, 0.4) is 0 Å². The Balaban J connectivity index is 1.45. The van der Waals surface area contributed by atoms with Gasteiger partial charge in [-0.1, -0.05) is 18.2 Å². The zero-order chi connectivity index (χ0) is 22.2. The molecule has 0 radical (unpaired) electrons. The van der Waals surface area contributed by atoms with Crippen molar-refractivity contribution in [1.29, 1.82) is 5.26 Å². The summed E-state index contributed by atoms with van der Waals surface area (Å²) in [6.45, 7) is 6.45. The number of anilines is 1. The molecule has 1 aliphatic rings. The molecule has 1 fully saturated rings. The highest BCUT2D eigenvalue weighted by molar-refractivity contribution is 5.78. The fourth-order valence-corrected chi connectivity index (χ4v) is 4.47. The maximum Gasteiger partial charge on any atom is 0.162 e. The van der Waals surface area contributed by atoms with E-state index in [1.54, 1.807) is 16.8 Å². The Morgan fingerprint density at radius 1 is 1.00 bits per heavy atom. The summed E-state index contributed by atoms with van der Waals surface area (Å²) in [6.07, 6.45) is 5.45. The minimum Gasteiger partial charge on any atom is -0.364 e. The SMILES string of the molecule is C[C@@H]1CNC[C@H](C)N1c1ccc(-c2cnc3c(-c4ccc(F)c(C#N)c4)cnn3c2)cc1. The number of hydrogen-bond donors (Lipinski definition) is 1. The van der Waals surface area contributed by atoms with E-state index in [1.807, 2.05) is 18.5 Å². The smallest absolute Gasteiger partial charge is 0.162 e. The van der Waals surface area contributed by atoms with Crippen molar-refractivity contribution in [3.05, 3.63) is 72.4 Å². The molecule has 7 heteroatoms. The third kappa shape index (κ3) is 3.49. The highest BCUT2D eigenvalue weighted by Crippen LogP contribution is 2.29. The van der Waals surface area contributed by atoms with Gasteiger partial charge in [0.05, 0.1) is 11.8 Å². The summed E-state index contributed by atoms with van der Waals surface area (Å²) in [4.78, 5) is 7.07. The van der Waals surface area contributed by atoms with Crippen molar-refractivity contribution in [2.75, 3.05) is 18.0 Å². The molecule has 0 bridgehead atoms. The monoisotopic (exact) mass is 426 g/mol. The average molecular weight is 426 g/mol. The van der Waals surface area contributed by atoms with Crippen molar-refractivity contribution in [2.45, 2.75) is 25.9 Å². The Kier molecular flexibility index (Phi) is 5.08. The zero-order valence-corrected chi connectivity index (χ0v) is 18.0. The van der Waals surface area contributed by atoms with Gasteiger partial charge in [-0.25, -0.2) is 13.9 Å². The number of piperazine rings is 1. The molecule has 5 rings (SSSR count). The predicted molar refractivity (Wildman–Crippen MR) is 123 cm³/mol. The summed E-state index contributed by atoms with van der Waals surface area (Å²) in [5.74, 6) is -0.531. The number of hydrogen-bond acceptors (Lipinski definition) is 5. The van der Waals surface area contributed by atoms with Crippen molar-refractivity contribution in [2.24, 2.45) is 0 Å². The van der Waals surface area contributed by atoms with Gasteiger partial charge in [0.1, 0.15) is 11.9 Å². The summed E-state index contributed by atoms with van der Waals surface area (Å²) in [5, 5.41) is 17.0. The molecule has 2 aromatic carbocycles. The van der Waals surface area contributed by atoms with Crippen molar-refractivity contribution in [1.82, 2.24) is 19.9 Å². The Hall–Kier alpha value is -3.76. The van der Waals surface area contributed by atoms with Crippen molar-refractivity contribution in [3.8, 4) is 28.3 Å². The van der Waals surface area contributed by atoms with Gasteiger partial charge < -0.3 is 10.2 Å². The second-order valence-corrected chi connectivity index (χ2v) is 8.29. The number of halogens is 1. The van der Waals surface area contributed by atoms with Crippen LogP contribution < -0.4 is 10.2 Å². The second-order valence-electron chi connectivity index (χ2n) is 8.29. The van der Waals surface area contributed by atoms with Gasteiger partial charge in [-0.2, -0.15) is 10.4 Å². The maximum absolute atomic E-state index is 13.7. The Morgan fingerprint density at radius 3 is 2.44 bits per heavy atom. The first-order chi connectivity index (χ1) is 15.5. The van der Waals surface area contributed by atoms with E-state index in [0.29, 0.717) is 23.3 Å². The van der Waals surface area contributed by atoms with Gasteiger partial charge in [-0.3, -0.25) is 0 Å². The lowest BCUT2D eigenvalue weighted by atomic mass is 10.0. The number of benzene rings is 2. The lowest BCUT2D eigenvalue weighted by Gasteiger charge is -2.41. The molecule has 160 valence electrons. The van der Waals surface area contributed by atoms with E-state index in [0.717, 1.165) is 29.8 Å². The molecule has 32 heavy (non-hydrogen) atoms. The van der Waals surface area contributed by atoms with Crippen LogP contribution in [0.1, 0.15) is 19.4 Å². The number of nitrogens with one attached hydrogen (secondary N) is 1. The van der Waals surface area contributed by atoms with E-state index >= 15 is 0 Å². The minimum absolute atomic E-state index is 0.00619. The molecule has 2 aromatic heterocycles. The zero-order valence-electron chi connectivity index (χ0n) is 18.0. The van der Waals surface area contributed by atoms with Gasteiger partial charge in [-0.15, -0.1) is 0 Å². The van der Waals surface area contributed by atoms with Crippen LogP contribution in [0.25, 0.3) is 27.9 Å². The quantitative estimate of drug-likeness (QED) is 0.530. The van der Waals surface area contributed by atoms with Crippen LogP contribution in [0.4, 0.5) is 10.1 Å². The summed E-state index contributed by atoms with van der Waals surface area (Å²) in [5.41, 5.74) is 5.36. The molecule has 0 unspecified atom stereocenters. The van der Waals surface area contributed by atoms with Gasteiger partial charge in [-0.05, 0) is 49.2 Å². The van der Waals surface area contributed by atoms with Crippen LogP contribution >= 0.6 is 0 Å². The minimum atomic E-state index is -0.531. The molecule has 0 aliphatic carbocycles. The topological polar surface area (TPSA) is 69.2 Å².